The molecule has 12 heteroatoms. The Hall–Kier alpha value is -4.19. The molecule has 0 spiro atoms. The fraction of sp³-hybridized carbons (Fsp3) is 0.292. The minimum Gasteiger partial charge on any atom is -0.478 e. The second kappa shape index (κ2) is 10.2. The van der Waals surface area contributed by atoms with Gasteiger partial charge in [-0.05, 0) is 25.5 Å². The smallest absolute Gasteiger partial charge is 0.267 e. The van der Waals surface area contributed by atoms with Gasteiger partial charge in [-0.25, -0.2) is 13.8 Å². The maximum absolute atomic E-state index is 13.6. The first-order valence-corrected chi connectivity index (χ1v) is 11.0. The van der Waals surface area contributed by atoms with Gasteiger partial charge < -0.3 is 14.8 Å². The number of aryl methyl sites for hydroxylation is 1. The first-order valence-electron chi connectivity index (χ1n) is 11.0. The van der Waals surface area contributed by atoms with Crippen LogP contribution in [-0.4, -0.2) is 47.1 Å². The molecule has 1 aliphatic heterocycles. The fourth-order valence-electron chi connectivity index (χ4n) is 4.04. The second-order valence-electron chi connectivity index (χ2n) is 8.16. The van der Waals surface area contributed by atoms with Crippen molar-refractivity contribution in [2.45, 2.75) is 31.9 Å². The summed E-state index contributed by atoms with van der Waals surface area (Å²) in [4.78, 5) is 54.9. The van der Waals surface area contributed by atoms with E-state index in [4.69, 9.17) is 9.47 Å². The van der Waals surface area contributed by atoms with E-state index in [1.165, 1.54) is 17.7 Å². The van der Waals surface area contributed by atoms with Crippen LogP contribution in [0.25, 0.3) is 10.9 Å². The molecule has 3 aromatic rings. The van der Waals surface area contributed by atoms with Crippen LogP contribution in [0, 0.1) is 18.6 Å². The molecule has 2 unspecified atom stereocenters. The molecule has 1 aliphatic rings. The van der Waals surface area contributed by atoms with Gasteiger partial charge in [0.25, 0.3) is 11.5 Å². The Morgan fingerprint density at radius 1 is 1.22 bits per heavy atom. The summed E-state index contributed by atoms with van der Waals surface area (Å²) in [5.41, 5.74) is -0.222. The van der Waals surface area contributed by atoms with E-state index in [-0.39, 0.29) is 47.6 Å². The number of aromatic nitrogens is 2. The number of rotatable bonds is 7. The molecule has 0 aliphatic carbocycles. The molecule has 1 aromatic heterocycles. The molecule has 2 heterocycles. The molecule has 10 nitrogen and oxygen atoms in total. The number of fused-ring (bicyclic) bond motifs is 1. The van der Waals surface area contributed by atoms with E-state index in [0.29, 0.717) is 6.07 Å². The molecule has 4 rings (SSSR count). The zero-order chi connectivity index (χ0) is 26.0. The van der Waals surface area contributed by atoms with Crippen LogP contribution >= 0.6 is 0 Å². The first kappa shape index (κ1) is 24.9. The number of hydrogen-bond acceptors (Lipinski definition) is 7. The molecule has 188 valence electrons. The van der Waals surface area contributed by atoms with Crippen LogP contribution in [-0.2, 0) is 19.1 Å². The molecule has 36 heavy (non-hydrogen) atoms. The molecule has 1 fully saturated rings. The van der Waals surface area contributed by atoms with Gasteiger partial charge in [0.2, 0.25) is 11.8 Å². The molecule has 2 aromatic carbocycles. The quantitative estimate of drug-likeness (QED) is 0.475. The zero-order valence-electron chi connectivity index (χ0n) is 19.3. The number of anilines is 1. The number of imide groups is 1. The maximum Gasteiger partial charge on any atom is 0.267 e. The third-order valence-electron chi connectivity index (χ3n) is 5.61. The van der Waals surface area contributed by atoms with Crippen molar-refractivity contribution >= 4 is 34.3 Å². The third kappa shape index (κ3) is 5.08. The first-order chi connectivity index (χ1) is 17.2. The minimum absolute atomic E-state index is 0.0362. The van der Waals surface area contributed by atoms with Crippen LogP contribution in [0.3, 0.4) is 0 Å². The third-order valence-corrected chi connectivity index (χ3v) is 5.61. The molecule has 2 N–H and O–H groups in total. The molecular formula is C24H22F2N4O6. The highest BCUT2D eigenvalue weighted by Gasteiger charge is 2.31. The summed E-state index contributed by atoms with van der Waals surface area (Å²) in [6.45, 7) is 1.31. The summed E-state index contributed by atoms with van der Waals surface area (Å²) in [6, 6.07) is 6.19. The molecule has 0 saturated carbocycles. The van der Waals surface area contributed by atoms with E-state index in [1.807, 2.05) is 0 Å². The molecular weight excluding hydrogens is 478 g/mol. The number of carbonyl (C=O) groups is 3. The Bertz CT molecular complexity index is 1400. The van der Waals surface area contributed by atoms with E-state index < -0.39 is 47.1 Å². The summed E-state index contributed by atoms with van der Waals surface area (Å²) < 4.78 is 38.8. The lowest BCUT2D eigenvalue weighted by Crippen LogP contribution is -2.45. The van der Waals surface area contributed by atoms with Crippen molar-refractivity contribution in [1.82, 2.24) is 14.9 Å². The minimum atomic E-state index is -1.32. The number of benzene rings is 2. The second-order valence-corrected chi connectivity index (χ2v) is 8.16. The Kier molecular flexibility index (Phi) is 7.06. The summed E-state index contributed by atoms with van der Waals surface area (Å²) in [5.74, 6) is -3.51. The van der Waals surface area contributed by atoms with Crippen molar-refractivity contribution in [1.29, 1.82) is 0 Å². The van der Waals surface area contributed by atoms with Crippen LogP contribution in [0.4, 0.5) is 14.5 Å². The van der Waals surface area contributed by atoms with Gasteiger partial charge >= 0.3 is 0 Å². The number of halogens is 2. The monoisotopic (exact) mass is 500 g/mol. The lowest BCUT2D eigenvalue weighted by atomic mass is 10.1. The highest BCUT2D eigenvalue weighted by atomic mass is 19.1. The van der Waals surface area contributed by atoms with Crippen molar-refractivity contribution in [3.8, 4) is 5.75 Å². The number of nitrogens with one attached hydrogen (secondary N) is 2. The zero-order valence-corrected chi connectivity index (χ0v) is 19.3. The van der Waals surface area contributed by atoms with Gasteiger partial charge in [0.15, 0.2) is 6.10 Å². The van der Waals surface area contributed by atoms with E-state index in [9.17, 15) is 28.0 Å². The van der Waals surface area contributed by atoms with Crippen LogP contribution in [0.15, 0.2) is 41.2 Å². The Morgan fingerprint density at radius 3 is 2.61 bits per heavy atom. The number of methoxy groups -OCH3 is 1. The van der Waals surface area contributed by atoms with Crippen LogP contribution < -0.4 is 20.9 Å². The predicted octanol–water partition coefficient (Wildman–Crippen LogP) is 1.99. The number of hydrogen-bond donors (Lipinski definition) is 2. The van der Waals surface area contributed by atoms with Gasteiger partial charge in [0.1, 0.15) is 29.3 Å². The average molecular weight is 500 g/mol. The molecule has 0 bridgehead atoms. The van der Waals surface area contributed by atoms with E-state index in [1.54, 1.807) is 19.1 Å². The molecule has 0 radical (unpaired) electrons. The standard InChI is InChI=1S/C24H22F2N4O6/c1-12-27-16-4-3-5-17(21(16)24(34)30(12)18-6-7-20(31)29-22(18)32)28-23(33)19(11-35-2)36-15-9-13(25)8-14(26)10-15/h3-5,8-10,18-19H,6-7,11H2,1-2H3,(H,28,33)(H,29,31,32). The van der Waals surface area contributed by atoms with Gasteiger partial charge in [0, 0.05) is 31.7 Å². The summed E-state index contributed by atoms with van der Waals surface area (Å²) in [5, 5.41) is 4.84. The highest BCUT2D eigenvalue weighted by Crippen LogP contribution is 2.24. The summed E-state index contributed by atoms with van der Waals surface area (Å²) in [6.07, 6.45) is -1.13. The van der Waals surface area contributed by atoms with Crippen molar-refractivity contribution in [2.75, 3.05) is 19.0 Å². The predicted molar refractivity (Wildman–Crippen MR) is 123 cm³/mol. The normalized spacial score (nSPS) is 16.5. The average Bonchev–Trinajstić information content (AvgIpc) is 2.79. The van der Waals surface area contributed by atoms with Crippen molar-refractivity contribution in [2.24, 2.45) is 0 Å². The van der Waals surface area contributed by atoms with Crippen LogP contribution in [0.1, 0.15) is 24.7 Å². The maximum atomic E-state index is 13.6. The van der Waals surface area contributed by atoms with Gasteiger partial charge in [-0.15, -0.1) is 0 Å². The molecule has 3 amide bonds. The largest absolute Gasteiger partial charge is 0.478 e. The van der Waals surface area contributed by atoms with Gasteiger partial charge in [-0.1, -0.05) is 6.07 Å². The lowest BCUT2D eigenvalue weighted by Gasteiger charge is -2.25. The topological polar surface area (TPSA) is 129 Å². The molecule has 1 saturated heterocycles. The van der Waals surface area contributed by atoms with E-state index >= 15 is 0 Å². The fourth-order valence-corrected chi connectivity index (χ4v) is 4.04. The van der Waals surface area contributed by atoms with Gasteiger partial charge in [-0.3, -0.25) is 29.1 Å². The van der Waals surface area contributed by atoms with Crippen LogP contribution in [0.2, 0.25) is 0 Å². The Morgan fingerprint density at radius 2 is 1.94 bits per heavy atom. The SMILES string of the molecule is COCC(Oc1cc(F)cc(F)c1)C(=O)Nc1cccc2nc(C)n(C3CCC(=O)NC3=O)c(=O)c12. The van der Waals surface area contributed by atoms with Crippen molar-refractivity contribution in [3.63, 3.8) is 0 Å². The number of piperidine rings is 1. The van der Waals surface area contributed by atoms with Crippen molar-refractivity contribution < 1.29 is 32.6 Å². The van der Waals surface area contributed by atoms with Crippen molar-refractivity contribution in [3.05, 3.63) is 64.2 Å². The van der Waals surface area contributed by atoms with Gasteiger partial charge in [0.05, 0.1) is 23.2 Å². The number of carbonyl (C=O) groups excluding carboxylic acids is 3. The lowest BCUT2D eigenvalue weighted by molar-refractivity contribution is -0.136. The van der Waals surface area contributed by atoms with Gasteiger partial charge in [-0.2, -0.15) is 0 Å². The highest BCUT2D eigenvalue weighted by molar-refractivity contribution is 6.03. The number of amides is 3. The van der Waals surface area contributed by atoms with E-state index in [2.05, 4.69) is 15.6 Å². The van der Waals surface area contributed by atoms with E-state index in [0.717, 1.165) is 12.1 Å². The Labute approximate surface area is 203 Å². The summed E-state index contributed by atoms with van der Waals surface area (Å²) >= 11 is 0. The number of nitrogens with zero attached hydrogens (tertiary/aromatic N) is 2. The summed E-state index contributed by atoms with van der Waals surface area (Å²) in [7, 11) is 1.32. The molecule has 2 atom stereocenters. The number of ether oxygens (including phenoxy) is 2. The van der Waals surface area contributed by atoms with Crippen LogP contribution in [0.5, 0.6) is 5.75 Å². The Balaban J connectivity index is 1.69.